The minimum Gasteiger partial charge on any atom is -0.378 e. The fraction of sp³-hybridized carbons (Fsp3) is 0.571. The first kappa shape index (κ1) is 21.1. The lowest BCUT2D eigenvalue weighted by Crippen LogP contribution is -2.52. The Labute approximate surface area is 189 Å². The first-order valence-corrected chi connectivity index (χ1v) is 12.7. The molecular formula is C21H24F2N6O3S. The quantitative estimate of drug-likeness (QED) is 0.581. The maximum atomic E-state index is 13.7. The summed E-state index contributed by atoms with van der Waals surface area (Å²) in [7, 11) is -3.31. The zero-order valence-electron chi connectivity index (χ0n) is 17.8. The number of nitrogens with zero attached hydrogens (tertiary/aromatic N) is 5. The number of imidazole rings is 1. The number of hydrogen-bond donors (Lipinski definition) is 1. The Kier molecular flexibility index (Phi) is 5.00. The van der Waals surface area contributed by atoms with E-state index in [1.807, 2.05) is 6.20 Å². The number of anilines is 1. The summed E-state index contributed by atoms with van der Waals surface area (Å²) in [6.45, 7) is 1.39. The Morgan fingerprint density at radius 3 is 2.48 bits per heavy atom. The van der Waals surface area contributed by atoms with Gasteiger partial charge < -0.3 is 10.1 Å². The molecule has 0 amide bonds. The molecule has 0 bridgehead atoms. The number of halogens is 2. The lowest BCUT2D eigenvalue weighted by atomic mass is 10.1. The molecule has 3 aromatic rings. The number of sulfonamides is 1. The maximum absolute atomic E-state index is 13.7. The standard InChI is InChI=1S/C21H24F2N6O3S/c22-18(23)16-7-13-8-24-21(27-19(13)29-9-17(12-1-2-12)26-20(16)29)25-14-3-5-28(6-4-14)33(30,31)15-10-32-11-15/h7-9,12,14-15,18H,1-6,10-11H2,(H,24,25,27). The highest BCUT2D eigenvalue weighted by Crippen LogP contribution is 2.40. The molecule has 1 N–H and O–H groups in total. The fourth-order valence-electron chi connectivity index (χ4n) is 4.51. The molecule has 0 radical (unpaired) electrons. The number of ether oxygens (including phenoxy) is 1. The molecule has 6 rings (SSSR count). The second-order valence-corrected chi connectivity index (χ2v) is 11.2. The number of hydrogen-bond acceptors (Lipinski definition) is 7. The van der Waals surface area contributed by atoms with Gasteiger partial charge in [0.1, 0.15) is 10.9 Å². The second-order valence-electron chi connectivity index (χ2n) is 9.03. The average molecular weight is 479 g/mol. The molecule has 2 aliphatic heterocycles. The number of nitrogens with one attached hydrogen (secondary N) is 1. The highest BCUT2D eigenvalue weighted by Gasteiger charge is 2.39. The van der Waals surface area contributed by atoms with Crippen LogP contribution in [0.5, 0.6) is 0 Å². The fourth-order valence-corrected chi connectivity index (χ4v) is 6.19. The third kappa shape index (κ3) is 3.73. The molecule has 1 saturated carbocycles. The van der Waals surface area contributed by atoms with Crippen molar-refractivity contribution >= 4 is 32.7 Å². The van der Waals surface area contributed by atoms with Crippen molar-refractivity contribution in [3.05, 3.63) is 29.7 Å². The molecule has 33 heavy (non-hydrogen) atoms. The van der Waals surface area contributed by atoms with Crippen LogP contribution < -0.4 is 5.32 Å². The highest BCUT2D eigenvalue weighted by atomic mass is 32.2. The summed E-state index contributed by atoms with van der Waals surface area (Å²) in [6.07, 6.45) is 4.02. The van der Waals surface area contributed by atoms with Gasteiger partial charge >= 0.3 is 0 Å². The van der Waals surface area contributed by atoms with E-state index < -0.39 is 21.7 Å². The summed E-state index contributed by atoms with van der Waals surface area (Å²) in [5.41, 5.74) is 1.46. The van der Waals surface area contributed by atoms with Gasteiger partial charge in [0.25, 0.3) is 6.43 Å². The second kappa shape index (κ2) is 7.81. The Bertz CT molecular complexity index is 1310. The molecule has 3 aliphatic rings. The van der Waals surface area contributed by atoms with Crippen molar-refractivity contribution in [3.8, 4) is 0 Å². The predicted octanol–water partition coefficient (Wildman–Crippen LogP) is 2.70. The smallest absolute Gasteiger partial charge is 0.267 e. The number of pyridine rings is 1. The molecule has 0 atom stereocenters. The monoisotopic (exact) mass is 478 g/mol. The Balaban J connectivity index is 1.24. The topological polar surface area (TPSA) is 102 Å². The van der Waals surface area contributed by atoms with Gasteiger partial charge in [0.15, 0.2) is 5.65 Å². The van der Waals surface area contributed by atoms with Crippen molar-refractivity contribution in [2.45, 2.75) is 49.3 Å². The van der Waals surface area contributed by atoms with Crippen LogP contribution >= 0.6 is 0 Å². The van der Waals surface area contributed by atoms with E-state index in [0.29, 0.717) is 48.8 Å². The van der Waals surface area contributed by atoms with Gasteiger partial charge in [0.05, 0.1) is 24.5 Å². The third-order valence-corrected chi connectivity index (χ3v) is 8.92. The third-order valence-electron chi connectivity index (χ3n) is 6.72. The van der Waals surface area contributed by atoms with Crippen molar-refractivity contribution < 1.29 is 21.9 Å². The van der Waals surface area contributed by atoms with Crippen LogP contribution in [0.4, 0.5) is 14.7 Å². The number of aromatic nitrogens is 4. The van der Waals surface area contributed by atoms with Gasteiger partial charge in [-0.3, -0.25) is 4.40 Å². The molecule has 0 spiro atoms. The molecule has 1 aliphatic carbocycles. The van der Waals surface area contributed by atoms with Crippen molar-refractivity contribution in [2.75, 3.05) is 31.6 Å². The SMILES string of the molecule is O=S(=O)(C1COC1)N1CCC(Nc2ncc3cc(C(F)F)c4nc(C5CC5)cn4c3n2)CC1. The average Bonchev–Trinajstić information content (AvgIpc) is 3.50. The number of fused-ring (bicyclic) bond motifs is 3. The minimum absolute atomic E-state index is 0.0205. The Morgan fingerprint density at radius 1 is 1.09 bits per heavy atom. The molecule has 3 aromatic heterocycles. The molecule has 3 fully saturated rings. The summed E-state index contributed by atoms with van der Waals surface area (Å²) in [6, 6.07) is 1.43. The first-order valence-electron chi connectivity index (χ1n) is 11.2. The summed E-state index contributed by atoms with van der Waals surface area (Å²) >= 11 is 0. The summed E-state index contributed by atoms with van der Waals surface area (Å²) in [5.74, 6) is 0.724. The van der Waals surface area contributed by atoms with E-state index in [-0.39, 0.29) is 30.5 Å². The summed E-state index contributed by atoms with van der Waals surface area (Å²) in [5, 5.41) is 3.39. The van der Waals surface area contributed by atoms with Gasteiger partial charge in [-0.05, 0) is 31.7 Å². The molecule has 2 saturated heterocycles. The number of alkyl halides is 2. The van der Waals surface area contributed by atoms with Crippen LogP contribution in [0, 0.1) is 0 Å². The van der Waals surface area contributed by atoms with Crippen molar-refractivity contribution in [3.63, 3.8) is 0 Å². The van der Waals surface area contributed by atoms with Crippen LogP contribution in [0.15, 0.2) is 18.5 Å². The molecule has 12 heteroatoms. The van der Waals surface area contributed by atoms with E-state index in [4.69, 9.17) is 4.74 Å². The Morgan fingerprint density at radius 2 is 1.85 bits per heavy atom. The molecule has 0 aromatic carbocycles. The zero-order chi connectivity index (χ0) is 22.7. The number of rotatable bonds is 6. The molecule has 0 unspecified atom stereocenters. The van der Waals surface area contributed by atoms with E-state index >= 15 is 0 Å². The first-order chi connectivity index (χ1) is 15.9. The Hall–Kier alpha value is -2.44. The van der Waals surface area contributed by atoms with Crippen LogP contribution in [-0.4, -0.2) is 69.7 Å². The minimum atomic E-state index is -3.31. The van der Waals surface area contributed by atoms with Gasteiger partial charge in [-0.2, -0.15) is 4.98 Å². The predicted molar refractivity (Wildman–Crippen MR) is 117 cm³/mol. The van der Waals surface area contributed by atoms with Gasteiger partial charge in [-0.25, -0.2) is 31.5 Å². The van der Waals surface area contributed by atoms with Gasteiger partial charge in [-0.1, -0.05) is 0 Å². The van der Waals surface area contributed by atoms with Gasteiger partial charge in [-0.15, -0.1) is 0 Å². The lowest BCUT2D eigenvalue weighted by Gasteiger charge is -2.36. The highest BCUT2D eigenvalue weighted by molar-refractivity contribution is 7.89. The summed E-state index contributed by atoms with van der Waals surface area (Å²) in [4.78, 5) is 13.4. The molecule has 5 heterocycles. The molecular weight excluding hydrogens is 454 g/mol. The van der Waals surface area contributed by atoms with E-state index in [1.54, 1.807) is 14.9 Å². The van der Waals surface area contributed by atoms with Crippen molar-refractivity contribution in [1.29, 1.82) is 0 Å². The normalized spacial score (nSPS) is 21.2. The van der Waals surface area contributed by atoms with Crippen LogP contribution in [-0.2, 0) is 14.8 Å². The van der Waals surface area contributed by atoms with Crippen LogP contribution in [0.25, 0.3) is 16.7 Å². The van der Waals surface area contributed by atoms with E-state index in [9.17, 15) is 17.2 Å². The lowest BCUT2D eigenvalue weighted by molar-refractivity contribution is 0.0388. The van der Waals surface area contributed by atoms with Crippen LogP contribution in [0.3, 0.4) is 0 Å². The van der Waals surface area contributed by atoms with Gasteiger partial charge in [0.2, 0.25) is 16.0 Å². The van der Waals surface area contributed by atoms with Crippen molar-refractivity contribution in [2.24, 2.45) is 0 Å². The van der Waals surface area contributed by atoms with E-state index in [0.717, 1.165) is 18.5 Å². The summed E-state index contributed by atoms with van der Waals surface area (Å²) < 4.78 is 60.7. The number of piperidine rings is 1. The van der Waals surface area contributed by atoms with Gasteiger partial charge in [0, 0.05) is 42.8 Å². The zero-order valence-corrected chi connectivity index (χ0v) is 18.6. The van der Waals surface area contributed by atoms with E-state index in [2.05, 4.69) is 20.3 Å². The maximum Gasteiger partial charge on any atom is 0.267 e. The molecule has 9 nitrogen and oxygen atoms in total. The van der Waals surface area contributed by atoms with Crippen molar-refractivity contribution in [1.82, 2.24) is 23.7 Å². The van der Waals surface area contributed by atoms with E-state index in [1.165, 1.54) is 6.07 Å². The molecule has 176 valence electrons. The largest absolute Gasteiger partial charge is 0.378 e. The van der Waals surface area contributed by atoms with Crippen LogP contribution in [0.1, 0.15) is 49.3 Å². The van der Waals surface area contributed by atoms with Crippen LogP contribution in [0.2, 0.25) is 0 Å².